The molecule has 0 radical (unpaired) electrons. The molecule has 1 aromatic carbocycles. The molecule has 3 aliphatic heterocycles. The average Bonchev–Trinajstić information content (AvgIpc) is 3.09. The van der Waals surface area contributed by atoms with E-state index in [9.17, 15) is 9.59 Å². The number of halogens is 3. The Hall–Kier alpha value is -1.01. The first kappa shape index (κ1) is 19.7. The summed E-state index contributed by atoms with van der Waals surface area (Å²) in [6, 6.07) is 6.31. The van der Waals surface area contributed by atoms with Crippen molar-refractivity contribution in [3.05, 3.63) is 28.2 Å². The first-order valence-corrected chi connectivity index (χ1v) is 9.56. The van der Waals surface area contributed by atoms with Crippen LogP contribution in [0.2, 0.25) is 10.0 Å². The molecule has 2 amide bonds. The second-order valence-corrected chi connectivity index (χ2v) is 8.22. The summed E-state index contributed by atoms with van der Waals surface area (Å²) in [5.74, 6) is -0.406. The Labute approximate surface area is 169 Å². The number of hydrogen-bond acceptors (Lipinski definition) is 3. The van der Waals surface area contributed by atoms with Gasteiger partial charge in [-0.05, 0) is 43.9 Å². The molecule has 4 rings (SSSR count). The highest BCUT2D eigenvalue weighted by atomic mass is 35.5. The van der Waals surface area contributed by atoms with Crippen molar-refractivity contribution in [3.8, 4) is 0 Å². The molecular weight excluding hydrogens is 397 g/mol. The van der Waals surface area contributed by atoms with Gasteiger partial charge in [-0.2, -0.15) is 0 Å². The first-order chi connectivity index (χ1) is 12.0. The van der Waals surface area contributed by atoms with E-state index in [1.165, 1.54) is 12.8 Å². The monoisotopic (exact) mass is 417 g/mol. The van der Waals surface area contributed by atoms with Crippen LogP contribution in [0.1, 0.15) is 32.1 Å². The summed E-state index contributed by atoms with van der Waals surface area (Å²) in [5, 5.41) is 7.70. The average molecular weight is 419 g/mol. The van der Waals surface area contributed by atoms with Crippen molar-refractivity contribution in [3.63, 3.8) is 0 Å². The molecule has 2 bridgehead atoms. The molecule has 142 valence electrons. The van der Waals surface area contributed by atoms with E-state index in [1.807, 2.05) is 0 Å². The highest BCUT2D eigenvalue weighted by Crippen LogP contribution is 2.31. The van der Waals surface area contributed by atoms with Crippen molar-refractivity contribution in [2.45, 2.75) is 50.2 Å². The van der Waals surface area contributed by atoms with Crippen molar-refractivity contribution in [1.29, 1.82) is 0 Å². The van der Waals surface area contributed by atoms with Crippen LogP contribution in [0, 0.1) is 5.92 Å². The number of anilines is 1. The zero-order valence-electron chi connectivity index (χ0n) is 14.2. The lowest BCUT2D eigenvalue weighted by atomic mass is 9.98. The number of nitrogens with one attached hydrogen (secondary N) is 2. The highest BCUT2D eigenvalue weighted by molar-refractivity contribution is 6.35. The number of amides is 2. The molecule has 0 spiro atoms. The second-order valence-electron chi connectivity index (χ2n) is 7.35. The SMILES string of the molecule is Cl.O=C(NC1CC2CCC(C1)N2)C1CC(=O)N(c2cc(Cl)cc(Cl)c2)C1. The third-order valence-corrected chi connectivity index (χ3v) is 5.91. The predicted molar refractivity (Wildman–Crippen MR) is 105 cm³/mol. The van der Waals surface area contributed by atoms with Crippen LogP contribution >= 0.6 is 35.6 Å². The molecule has 0 saturated carbocycles. The summed E-state index contributed by atoms with van der Waals surface area (Å²) in [7, 11) is 0. The maximum absolute atomic E-state index is 12.6. The van der Waals surface area contributed by atoms with E-state index >= 15 is 0 Å². The van der Waals surface area contributed by atoms with Gasteiger partial charge in [0.15, 0.2) is 0 Å². The number of hydrogen-bond donors (Lipinski definition) is 2. The van der Waals surface area contributed by atoms with E-state index in [4.69, 9.17) is 23.2 Å². The molecular formula is C18H22Cl3N3O2. The number of rotatable bonds is 3. The van der Waals surface area contributed by atoms with Gasteiger partial charge in [0, 0.05) is 46.8 Å². The molecule has 3 saturated heterocycles. The van der Waals surface area contributed by atoms with Gasteiger partial charge in [0.1, 0.15) is 0 Å². The molecule has 26 heavy (non-hydrogen) atoms. The van der Waals surface area contributed by atoms with Gasteiger partial charge < -0.3 is 15.5 Å². The smallest absolute Gasteiger partial charge is 0.227 e. The Kier molecular flexibility index (Phi) is 6.02. The molecule has 2 N–H and O–H groups in total. The van der Waals surface area contributed by atoms with E-state index in [2.05, 4.69) is 10.6 Å². The normalized spacial score (nSPS) is 30.2. The van der Waals surface area contributed by atoms with Crippen LogP contribution in [0.4, 0.5) is 5.69 Å². The van der Waals surface area contributed by atoms with Crippen LogP contribution in [0.25, 0.3) is 0 Å². The van der Waals surface area contributed by atoms with Crippen LogP contribution in [0.5, 0.6) is 0 Å². The topological polar surface area (TPSA) is 61.4 Å². The fourth-order valence-electron chi connectivity index (χ4n) is 4.32. The molecule has 3 unspecified atom stereocenters. The Morgan fingerprint density at radius 1 is 1.12 bits per heavy atom. The van der Waals surface area contributed by atoms with Gasteiger partial charge in [-0.25, -0.2) is 0 Å². The summed E-state index contributed by atoms with van der Waals surface area (Å²) >= 11 is 12.1. The van der Waals surface area contributed by atoms with Crippen LogP contribution in [-0.4, -0.2) is 36.5 Å². The molecule has 1 aromatic rings. The summed E-state index contributed by atoms with van der Waals surface area (Å²) in [6.45, 7) is 0.374. The second kappa shape index (κ2) is 7.93. The summed E-state index contributed by atoms with van der Waals surface area (Å²) < 4.78 is 0. The standard InChI is InChI=1S/C18H21Cl2N3O2.ClH/c19-11-4-12(20)6-16(5-11)23-9-10(3-17(23)24)18(25)22-15-7-13-1-2-14(8-15)21-13;/h4-6,10,13-15,21H,1-3,7-9H2,(H,22,25);1H. The molecule has 3 aliphatic rings. The predicted octanol–water partition coefficient (Wildman–Crippen LogP) is 3.17. The number of carbonyl (C=O) groups is 2. The van der Waals surface area contributed by atoms with Crippen molar-refractivity contribution < 1.29 is 9.59 Å². The fraction of sp³-hybridized carbons (Fsp3) is 0.556. The van der Waals surface area contributed by atoms with Crippen LogP contribution in [-0.2, 0) is 9.59 Å². The lowest BCUT2D eigenvalue weighted by Crippen LogP contribution is -2.49. The Bertz CT molecular complexity index is 683. The molecule has 3 heterocycles. The maximum Gasteiger partial charge on any atom is 0.227 e. The minimum absolute atomic E-state index is 0. The van der Waals surface area contributed by atoms with Crippen molar-refractivity contribution in [2.24, 2.45) is 5.92 Å². The number of nitrogens with zero attached hydrogens (tertiary/aromatic N) is 1. The van der Waals surface area contributed by atoms with E-state index in [0.717, 1.165) is 12.8 Å². The Morgan fingerprint density at radius 2 is 1.73 bits per heavy atom. The zero-order chi connectivity index (χ0) is 17.6. The van der Waals surface area contributed by atoms with Crippen LogP contribution in [0.15, 0.2) is 18.2 Å². The van der Waals surface area contributed by atoms with Crippen molar-refractivity contribution in [2.75, 3.05) is 11.4 Å². The van der Waals surface area contributed by atoms with Gasteiger partial charge in [0.05, 0.1) is 5.92 Å². The Morgan fingerprint density at radius 3 is 2.35 bits per heavy atom. The molecule has 0 aromatic heterocycles. The molecule has 3 fully saturated rings. The van der Waals surface area contributed by atoms with E-state index in [-0.39, 0.29) is 42.6 Å². The summed E-state index contributed by atoms with van der Waals surface area (Å²) in [6.07, 6.45) is 4.59. The molecule has 5 nitrogen and oxygen atoms in total. The van der Waals surface area contributed by atoms with Gasteiger partial charge in [0.25, 0.3) is 0 Å². The van der Waals surface area contributed by atoms with Gasteiger partial charge >= 0.3 is 0 Å². The highest BCUT2D eigenvalue weighted by Gasteiger charge is 2.38. The third-order valence-electron chi connectivity index (χ3n) is 5.47. The molecule has 0 aliphatic carbocycles. The van der Waals surface area contributed by atoms with Crippen molar-refractivity contribution >= 4 is 53.1 Å². The maximum atomic E-state index is 12.6. The number of benzene rings is 1. The lowest BCUT2D eigenvalue weighted by molar-refractivity contribution is -0.127. The third kappa shape index (κ3) is 4.11. The number of fused-ring (bicyclic) bond motifs is 2. The van der Waals surface area contributed by atoms with Gasteiger partial charge in [0.2, 0.25) is 11.8 Å². The lowest BCUT2D eigenvalue weighted by Gasteiger charge is -2.30. The Balaban J connectivity index is 0.00000196. The number of piperidine rings is 1. The zero-order valence-corrected chi connectivity index (χ0v) is 16.5. The van der Waals surface area contributed by atoms with Gasteiger partial charge in [-0.3, -0.25) is 9.59 Å². The van der Waals surface area contributed by atoms with Gasteiger partial charge in [-0.15, -0.1) is 12.4 Å². The fourth-order valence-corrected chi connectivity index (χ4v) is 4.84. The van der Waals surface area contributed by atoms with Crippen LogP contribution < -0.4 is 15.5 Å². The minimum Gasteiger partial charge on any atom is -0.353 e. The summed E-state index contributed by atoms with van der Waals surface area (Å²) in [5.41, 5.74) is 0.651. The summed E-state index contributed by atoms with van der Waals surface area (Å²) in [4.78, 5) is 26.6. The minimum atomic E-state index is -0.321. The van der Waals surface area contributed by atoms with Crippen LogP contribution in [0.3, 0.4) is 0 Å². The van der Waals surface area contributed by atoms with E-state index in [1.54, 1.807) is 23.1 Å². The van der Waals surface area contributed by atoms with E-state index < -0.39 is 0 Å². The molecule has 8 heteroatoms. The van der Waals surface area contributed by atoms with Crippen molar-refractivity contribution in [1.82, 2.24) is 10.6 Å². The molecule has 3 atom stereocenters. The first-order valence-electron chi connectivity index (χ1n) is 8.81. The van der Waals surface area contributed by atoms with E-state index in [0.29, 0.717) is 34.4 Å². The number of carbonyl (C=O) groups excluding carboxylic acids is 2. The van der Waals surface area contributed by atoms with Gasteiger partial charge in [-0.1, -0.05) is 23.2 Å². The largest absolute Gasteiger partial charge is 0.353 e. The quantitative estimate of drug-likeness (QED) is 0.792.